The van der Waals surface area contributed by atoms with Crippen LogP contribution in [0.3, 0.4) is 0 Å². The lowest BCUT2D eigenvalue weighted by Crippen LogP contribution is -2.40. The fraction of sp³-hybridized carbons (Fsp3) is 0.600. The molecule has 0 spiro atoms. The molecule has 0 bridgehead atoms. The lowest BCUT2D eigenvalue weighted by molar-refractivity contribution is -0.133. The molecule has 1 amide bonds. The Hall–Kier alpha value is -2.17. The number of nitrogens with zero attached hydrogens (tertiary/aromatic N) is 5. The number of carbonyl (C=O) groups excluding carboxylic acids is 1. The summed E-state index contributed by atoms with van der Waals surface area (Å²) < 4.78 is 13.5. The van der Waals surface area contributed by atoms with E-state index < -0.39 is 11.2 Å². The number of fused-ring (bicyclic) bond motifs is 1. The van der Waals surface area contributed by atoms with Crippen LogP contribution in [0, 0.1) is 0 Å². The highest BCUT2D eigenvalue weighted by Gasteiger charge is 2.22. The van der Waals surface area contributed by atoms with Crippen molar-refractivity contribution in [3.05, 3.63) is 26.1 Å². The first-order valence-corrected chi connectivity index (χ1v) is 8.28. The summed E-state index contributed by atoms with van der Waals surface area (Å²) in [6.07, 6.45) is 0. The van der Waals surface area contributed by atoms with E-state index in [9.17, 15) is 14.4 Å². The Balaban J connectivity index is 2.43. The molecule has 2 aromatic rings. The molecular formula is C15H22ClN5O5. The maximum atomic E-state index is 12.7. The van der Waals surface area contributed by atoms with Crippen molar-refractivity contribution >= 4 is 28.7 Å². The number of amides is 1. The van der Waals surface area contributed by atoms with Gasteiger partial charge in [-0.05, 0) is 11.6 Å². The average Bonchev–Trinajstić information content (AvgIpc) is 2.94. The number of rotatable bonds is 8. The average molecular weight is 388 g/mol. The largest absolute Gasteiger partial charge is 0.383 e. The summed E-state index contributed by atoms with van der Waals surface area (Å²) in [5.41, 5.74) is -0.838. The summed E-state index contributed by atoms with van der Waals surface area (Å²) in [5.74, 6) is -0.267. The van der Waals surface area contributed by atoms with Crippen LogP contribution in [0.15, 0.2) is 9.59 Å². The van der Waals surface area contributed by atoms with Crippen molar-refractivity contribution in [2.75, 3.05) is 40.5 Å². The van der Waals surface area contributed by atoms with Gasteiger partial charge in [0.25, 0.3) is 5.56 Å². The number of imidazole rings is 1. The van der Waals surface area contributed by atoms with Crippen LogP contribution in [-0.4, -0.2) is 70.0 Å². The summed E-state index contributed by atoms with van der Waals surface area (Å²) in [7, 11) is 5.94. The summed E-state index contributed by atoms with van der Waals surface area (Å²) >= 11 is 6.14. The van der Waals surface area contributed by atoms with Gasteiger partial charge in [0, 0.05) is 41.4 Å². The number of methoxy groups -OCH3 is 2. The standard InChI is InChI=1S/C15H22ClN5O5/c1-18-12-11(13(23)19(2)15(18)24)21(14(16)17-12)9-10(22)20(5-7-25-3)6-8-26-4/h5-9H2,1-4H3. The predicted molar refractivity (Wildman–Crippen MR) is 95.6 cm³/mol. The van der Waals surface area contributed by atoms with E-state index in [0.29, 0.717) is 26.3 Å². The number of ether oxygens (including phenoxy) is 2. The van der Waals surface area contributed by atoms with Gasteiger partial charge in [0.05, 0.1) is 13.2 Å². The second-order valence-corrected chi connectivity index (χ2v) is 6.05. The van der Waals surface area contributed by atoms with E-state index in [0.717, 1.165) is 4.57 Å². The number of aryl methyl sites for hydroxylation is 1. The van der Waals surface area contributed by atoms with Gasteiger partial charge in [0.15, 0.2) is 11.2 Å². The molecule has 0 N–H and O–H groups in total. The molecule has 0 saturated heterocycles. The molecule has 0 aromatic carbocycles. The van der Waals surface area contributed by atoms with Gasteiger partial charge in [-0.15, -0.1) is 0 Å². The number of halogens is 1. The molecule has 2 aromatic heterocycles. The third-order valence-electron chi connectivity index (χ3n) is 4.08. The van der Waals surface area contributed by atoms with E-state index in [1.807, 2.05) is 0 Å². The molecule has 10 nitrogen and oxygen atoms in total. The molecule has 0 fully saturated rings. The summed E-state index contributed by atoms with van der Waals surface area (Å²) in [4.78, 5) is 42.8. The van der Waals surface area contributed by atoms with Gasteiger partial charge < -0.3 is 14.4 Å². The molecule has 26 heavy (non-hydrogen) atoms. The zero-order valence-electron chi connectivity index (χ0n) is 15.2. The van der Waals surface area contributed by atoms with Crippen LogP contribution in [0.4, 0.5) is 0 Å². The maximum absolute atomic E-state index is 12.7. The molecule has 0 aliphatic rings. The first-order chi connectivity index (χ1) is 12.3. The van der Waals surface area contributed by atoms with Crippen molar-refractivity contribution in [3.63, 3.8) is 0 Å². The Morgan fingerprint density at radius 2 is 1.69 bits per heavy atom. The Morgan fingerprint density at radius 1 is 1.12 bits per heavy atom. The molecule has 11 heteroatoms. The third-order valence-corrected chi connectivity index (χ3v) is 4.37. The van der Waals surface area contributed by atoms with Gasteiger partial charge in [0.1, 0.15) is 6.54 Å². The molecular weight excluding hydrogens is 366 g/mol. The minimum atomic E-state index is -0.560. The quantitative estimate of drug-likeness (QED) is 0.550. The lowest BCUT2D eigenvalue weighted by Gasteiger charge is -2.22. The molecule has 0 aliphatic carbocycles. The van der Waals surface area contributed by atoms with Crippen molar-refractivity contribution in [2.45, 2.75) is 6.54 Å². The van der Waals surface area contributed by atoms with Crippen LogP contribution in [-0.2, 0) is 34.9 Å². The minimum Gasteiger partial charge on any atom is -0.383 e. The summed E-state index contributed by atoms with van der Waals surface area (Å²) in [6.45, 7) is 1.29. The van der Waals surface area contributed by atoms with Crippen molar-refractivity contribution in [2.24, 2.45) is 14.1 Å². The van der Waals surface area contributed by atoms with E-state index in [2.05, 4.69) is 4.98 Å². The molecule has 2 heterocycles. The SMILES string of the molecule is COCCN(CCOC)C(=O)Cn1c(Cl)nc2c1c(=O)n(C)c(=O)n2C. The highest BCUT2D eigenvalue weighted by atomic mass is 35.5. The first kappa shape index (κ1) is 20.1. The van der Waals surface area contributed by atoms with Crippen molar-refractivity contribution in [1.82, 2.24) is 23.6 Å². The smallest absolute Gasteiger partial charge is 0.332 e. The Bertz CT molecular complexity index is 908. The van der Waals surface area contributed by atoms with Gasteiger partial charge in [-0.3, -0.25) is 23.3 Å². The number of carbonyl (C=O) groups is 1. The number of hydrogen-bond acceptors (Lipinski definition) is 6. The molecule has 2 rings (SSSR count). The van der Waals surface area contributed by atoms with Gasteiger partial charge in [0.2, 0.25) is 11.2 Å². The van der Waals surface area contributed by atoms with E-state index in [-0.39, 0.29) is 28.9 Å². The van der Waals surface area contributed by atoms with Crippen LogP contribution >= 0.6 is 11.6 Å². The van der Waals surface area contributed by atoms with E-state index in [1.165, 1.54) is 23.2 Å². The fourth-order valence-corrected chi connectivity index (χ4v) is 2.79. The maximum Gasteiger partial charge on any atom is 0.332 e. The van der Waals surface area contributed by atoms with Gasteiger partial charge >= 0.3 is 5.69 Å². The van der Waals surface area contributed by atoms with Gasteiger partial charge in [-0.1, -0.05) is 0 Å². The monoisotopic (exact) mass is 387 g/mol. The minimum absolute atomic E-state index is 0.0370. The normalized spacial score (nSPS) is 11.3. The van der Waals surface area contributed by atoms with Gasteiger partial charge in [-0.2, -0.15) is 4.98 Å². The second-order valence-electron chi connectivity index (χ2n) is 5.71. The van der Waals surface area contributed by atoms with Crippen molar-refractivity contribution < 1.29 is 14.3 Å². The Kier molecular flexibility index (Phi) is 6.57. The highest BCUT2D eigenvalue weighted by molar-refractivity contribution is 6.29. The van der Waals surface area contributed by atoms with Gasteiger partial charge in [-0.25, -0.2) is 4.79 Å². The molecule has 0 radical (unpaired) electrons. The zero-order chi connectivity index (χ0) is 19.4. The van der Waals surface area contributed by atoms with Crippen molar-refractivity contribution in [3.8, 4) is 0 Å². The van der Waals surface area contributed by atoms with E-state index in [4.69, 9.17) is 21.1 Å². The van der Waals surface area contributed by atoms with Crippen LogP contribution in [0.2, 0.25) is 5.28 Å². The lowest BCUT2D eigenvalue weighted by atomic mass is 10.4. The molecule has 0 aliphatic heterocycles. The summed E-state index contributed by atoms with van der Waals surface area (Å²) in [6, 6.07) is 0. The van der Waals surface area contributed by atoms with Crippen LogP contribution in [0.25, 0.3) is 11.2 Å². The Labute approximate surface area is 154 Å². The molecule has 144 valence electrons. The highest BCUT2D eigenvalue weighted by Crippen LogP contribution is 2.15. The number of hydrogen-bond donors (Lipinski definition) is 0. The van der Waals surface area contributed by atoms with E-state index in [1.54, 1.807) is 19.1 Å². The molecule has 0 atom stereocenters. The van der Waals surface area contributed by atoms with Crippen LogP contribution < -0.4 is 11.2 Å². The zero-order valence-corrected chi connectivity index (χ0v) is 15.9. The Morgan fingerprint density at radius 3 is 2.23 bits per heavy atom. The fourth-order valence-electron chi connectivity index (χ4n) is 2.56. The topological polar surface area (TPSA) is 101 Å². The molecule has 0 unspecified atom stereocenters. The summed E-state index contributed by atoms with van der Waals surface area (Å²) in [5, 5.41) is -0.0370. The van der Waals surface area contributed by atoms with E-state index >= 15 is 0 Å². The first-order valence-electron chi connectivity index (χ1n) is 7.90. The third kappa shape index (κ3) is 3.81. The molecule has 0 saturated carbocycles. The second kappa shape index (κ2) is 8.47. The van der Waals surface area contributed by atoms with Crippen LogP contribution in [0.1, 0.15) is 0 Å². The predicted octanol–water partition coefficient (Wildman–Crippen LogP) is -0.791. The number of aromatic nitrogens is 4. The van der Waals surface area contributed by atoms with Crippen LogP contribution in [0.5, 0.6) is 0 Å². The van der Waals surface area contributed by atoms with Crippen molar-refractivity contribution in [1.29, 1.82) is 0 Å².